The molecule has 0 aliphatic rings. The van der Waals surface area contributed by atoms with E-state index in [4.69, 9.17) is 4.74 Å². The van der Waals surface area contributed by atoms with Gasteiger partial charge in [0.2, 0.25) is 0 Å². The Bertz CT molecular complexity index is 571. The smallest absolute Gasteiger partial charge is 0.256 e. The highest BCUT2D eigenvalue weighted by atomic mass is 19.1. The number of aromatic nitrogens is 3. The third kappa shape index (κ3) is 4.26. The fraction of sp³-hybridized carbons (Fsp3) is 0.467. The maximum Gasteiger partial charge on any atom is 0.256 e. The van der Waals surface area contributed by atoms with E-state index in [1.807, 2.05) is 0 Å². The molecule has 0 aromatic carbocycles. The topological polar surface area (TPSA) is 52.0 Å². The zero-order chi connectivity index (χ0) is 15.1. The summed E-state index contributed by atoms with van der Waals surface area (Å²) in [6.07, 6.45) is 6.85. The molecular formula is C15H21FN4O. The fourth-order valence-corrected chi connectivity index (χ4v) is 1.93. The first kappa shape index (κ1) is 15.4. The van der Waals surface area contributed by atoms with Gasteiger partial charge in [0, 0.05) is 24.8 Å². The van der Waals surface area contributed by atoms with E-state index in [1.165, 1.54) is 0 Å². The molecule has 1 N–H and O–H groups in total. The Morgan fingerprint density at radius 3 is 2.95 bits per heavy atom. The van der Waals surface area contributed by atoms with Crippen LogP contribution in [-0.2, 0) is 13.1 Å². The Morgan fingerprint density at radius 2 is 2.19 bits per heavy atom. The van der Waals surface area contributed by atoms with Crippen LogP contribution in [0.5, 0.6) is 11.6 Å². The van der Waals surface area contributed by atoms with Gasteiger partial charge in [-0.05, 0) is 25.5 Å². The molecule has 0 aliphatic carbocycles. The molecule has 0 saturated heterocycles. The zero-order valence-electron chi connectivity index (χ0n) is 12.5. The van der Waals surface area contributed by atoms with Gasteiger partial charge >= 0.3 is 0 Å². The van der Waals surface area contributed by atoms with E-state index in [0.717, 1.165) is 25.9 Å². The second-order valence-corrected chi connectivity index (χ2v) is 4.81. The lowest BCUT2D eigenvalue weighted by molar-refractivity contribution is 0.416. The zero-order valence-corrected chi connectivity index (χ0v) is 12.5. The van der Waals surface area contributed by atoms with Gasteiger partial charge in [0.15, 0.2) is 11.6 Å². The monoisotopic (exact) mass is 292 g/mol. The van der Waals surface area contributed by atoms with E-state index < -0.39 is 5.82 Å². The van der Waals surface area contributed by atoms with Crippen LogP contribution in [0.25, 0.3) is 0 Å². The first-order valence-electron chi connectivity index (χ1n) is 7.29. The van der Waals surface area contributed by atoms with Gasteiger partial charge in [0.25, 0.3) is 5.88 Å². The van der Waals surface area contributed by atoms with Crippen LogP contribution < -0.4 is 10.1 Å². The number of rotatable bonds is 8. The van der Waals surface area contributed by atoms with Crippen LogP contribution in [0.1, 0.15) is 32.3 Å². The van der Waals surface area contributed by atoms with Crippen LogP contribution in [0.3, 0.4) is 0 Å². The van der Waals surface area contributed by atoms with Crippen LogP contribution in [0.4, 0.5) is 4.39 Å². The van der Waals surface area contributed by atoms with Gasteiger partial charge in [-0.3, -0.25) is 4.68 Å². The molecule has 0 aliphatic heterocycles. The molecule has 0 saturated carbocycles. The highest BCUT2D eigenvalue weighted by molar-refractivity contribution is 5.28. The van der Waals surface area contributed by atoms with Crippen molar-refractivity contribution >= 4 is 0 Å². The van der Waals surface area contributed by atoms with Crippen molar-refractivity contribution in [3.8, 4) is 11.6 Å². The third-order valence-corrected chi connectivity index (χ3v) is 2.96. The summed E-state index contributed by atoms with van der Waals surface area (Å²) in [5, 5.41) is 7.31. The number of ether oxygens (including phenoxy) is 1. The lowest BCUT2D eigenvalue weighted by Crippen LogP contribution is -2.15. The Balaban J connectivity index is 2.06. The largest absolute Gasteiger partial charge is 0.433 e. The SMILES string of the molecule is CCCNCc1ccnc(Oc2cnn(CCC)c2)c1F. The van der Waals surface area contributed by atoms with Crippen molar-refractivity contribution in [3.63, 3.8) is 0 Å². The van der Waals surface area contributed by atoms with Crippen molar-refractivity contribution in [2.45, 2.75) is 39.8 Å². The number of nitrogens with one attached hydrogen (secondary N) is 1. The van der Waals surface area contributed by atoms with E-state index in [2.05, 4.69) is 29.2 Å². The van der Waals surface area contributed by atoms with Gasteiger partial charge in [-0.15, -0.1) is 0 Å². The summed E-state index contributed by atoms with van der Waals surface area (Å²) in [6, 6.07) is 1.66. The minimum Gasteiger partial charge on any atom is -0.433 e. The number of hydrogen-bond donors (Lipinski definition) is 1. The minimum absolute atomic E-state index is 0.0122. The van der Waals surface area contributed by atoms with Crippen LogP contribution in [-0.4, -0.2) is 21.3 Å². The first-order valence-corrected chi connectivity index (χ1v) is 7.29. The average molecular weight is 292 g/mol. The Kier molecular flexibility index (Phi) is 5.68. The molecule has 2 aromatic heterocycles. The molecule has 0 radical (unpaired) electrons. The summed E-state index contributed by atoms with van der Waals surface area (Å²) in [6.45, 7) is 6.25. The van der Waals surface area contributed by atoms with E-state index >= 15 is 0 Å². The van der Waals surface area contributed by atoms with Gasteiger partial charge in [0.05, 0.1) is 12.4 Å². The normalized spacial score (nSPS) is 10.8. The van der Waals surface area contributed by atoms with Crippen LogP contribution in [0.15, 0.2) is 24.7 Å². The molecule has 0 amide bonds. The van der Waals surface area contributed by atoms with Gasteiger partial charge in [0.1, 0.15) is 0 Å². The quantitative estimate of drug-likeness (QED) is 0.760. The number of nitrogens with zero attached hydrogens (tertiary/aromatic N) is 3. The number of pyridine rings is 1. The molecule has 0 fully saturated rings. The van der Waals surface area contributed by atoms with E-state index in [1.54, 1.807) is 29.3 Å². The molecule has 0 spiro atoms. The maximum absolute atomic E-state index is 14.3. The third-order valence-electron chi connectivity index (χ3n) is 2.96. The lowest BCUT2D eigenvalue weighted by atomic mass is 10.2. The summed E-state index contributed by atoms with van der Waals surface area (Å²) < 4.78 is 21.5. The van der Waals surface area contributed by atoms with Crippen molar-refractivity contribution in [2.24, 2.45) is 0 Å². The van der Waals surface area contributed by atoms with Gasteiger partial charge in [-0.25, -0.2) is 9.37 Å². The minimum atomic E-state index is -0.427. The van der Waals surface area contributed by atoms with Crippen LogP contribution >= 0.6 is 0 Å². The summed E-state index contributed by atoms with van der Waals surface area (Å²) in [4.78, 5) is 3.96. The Labute approximate surface area is 124 Å². The van der Waals surface area contributed by atoms with Gasteiger partial charge in [-0.2, -0.15) is 5.10 Å². The van der Waals surface area contributed by atoms with Crippen LogP contribution in [0.2, 0.25) is 0 Å². The number of hydrogen-bond acceptors (Lipinski definition) is 4. The maximum atomic E-state index is 14.3. The van der Waals surface area contributed by atoms with Gasteiger partial charge in [-0.1, -0.05) is 13.8 Å². The highest BCUT2D eigenvalue weighted by Gasteiger charge is 2.12. The summed E-state index contributed by atoms with van der Waals surface area (Å²) in [5.74, 6) is 0.0553. The van der Waals surface area contributed by atoms with Crippen molar-refractivity contribution in [2.75, 3.05) is 6.54 Å². The second-order valence-electron chi connectivity index (χ2n) is 4.81. The number of halogens is 1. The highest BCUT2D eigenvalue weighted by Crippen LogP contribution is 2.23. The summed E-state index contributed by atoms with van der Waals surface area (Å²) >= 11 is 0. The van der Waals surface area contributed by atoms with Gasteiger partial charge < -0.3 is 10.1 Å². The van der Waals surface area contributed by atoms with E-state index in [0.29, 0.717) is 17.9 Å². The van der Waals surface area contributed by atoms with Crippen molar-refractivity contribution in [1.29, 1.82) is 0 Å². The predicted molar refractivity (Wildman–Crippen MR) is 78.8 cm³/mol. The summed E-state index contributed by atoms with van der Waals surface area (Å²) in [5.41, 5.74) is 0.550. The Morgan fingerprint density at radius 1 is 1.33 bits per heavy atom. The van der Waals surface area contributed by atoms with E-state index in [-0.39, 0.29) is 5.88 Å². The lowest BCUT2D eigenvalue weighted by Gasteiger charge is -2.08. The molecule has 114 valence electrons. The predicted octanol–water partition coefficient (Wildman–Crippen LogP) is 3.12. The molecular weight excluding hydrogens is 271 g/mol. The first-order chi connectivity index (χ1) is 10.2. The second kappa shape index (κ2) is 7.73. The average Bonchev–Trinajstić information content (AvgIpc) is 2.91. The molecule has 0 unspecified atom stereocenters. The summed E-state index contributed by atoms with van der Waals surface area (Å²) in [7, 11) is 0. The molecule has 0 bridgehead atoms. The molecule has 2 heterocycles. The number of aryl methyl sites for hydroxylation is 1. The molecule has 0 atom stereocenters. The molecule has 2 aromatic rings. The van der Waals surface area contributed by atoms with Crippen molar-refractivity contribution in [3.05, 3.63) is 36.0 Å². The molecule has 2 rings (SSSR count). The molecule has 6 heteroatoms. The van der Waals surface area contributed by atoms with E-state index in [9.17, 15) is 4.39 Å². The van der Waals surface area contributed by atoms with Crippen LogP contribution in [0, 0.1) is 5.82 Å². The van der Waals surface area contributed by atoms with Crippen molar-refractivity contribution in [1.82, 2.24) is 20.1 Å². The molecule has 5 nitrogen and oxygen atoms in total. The Hall–Kier alpha value is -1.95. The van der Waals surface area contributed by atoms with Crippen molar-refractivity contribution < 1.29 is 9.13 Å². The molecule has 21 heavy (non-hydrogen) atoms. The fourth-order valence-electron chi connectivity index (χ4n) is 1.93. The standard InChI is InChI=1S/C15H21FN4O/c1-3-6-17-9-12-5-7-18-15(14(12)16)21-13-10-19-20(11-13)8-4-2/h5,7,10-11,17H,3-4,6,8-9H2,1-2H3.